The summed E-state index contributed by atoms with van der Waals surface area (Å²) in [5.74, 6) is -8.27. The van der Waals surface area contributed by atoms with Gasteiger partial charge in [-0.1, -0.05) is 6.07 Å². The zero-order chi connectivity index (χ0) is 25.8. The van der Waals surface area contributed by atoms with Crippen molar-refractivity contribution in [3.63, 3.8) is 0 Å². The Labute approximate surface area is 201 Å². The van der Waals surface area contributed by atoms with E-state index in [1.165, 1.54) is 29.1 Å². The molecule has 3 N–H and O–H groups in total. The lowest BCUT2D eigenvalue weighted by molar-refractivity contribution is 0.0656. The molecule has 0 unspecified atom stereocenters. The van der Waals surface area contributed by atoms with Crippen LogP contribution in [-0.2, 0) is 13.0 Å². The highest BCUT2D eigenvalue weighted by Crippen LogP contribution is 2.34. The Morgan fingerprint density at radius 1 is 1.08 bits per heavy atom. The number of halogens is 4. The van der Waals surface area contributed by atoms with Crippen LogP contribution < -0.4 is 10.8 Å². The predicted octanol–water partition coefficient (Wildman–Crippen LogP) is 3.70. The van der Waals surface area contributed by atoms with Gasteiger partial charge in [-0.2, -0.15) is 23.7 Å². The average Bonchev–Trinajstić information content (AvgIpc) is 3.56. The third-order valence-corrected chi connectivity index (χ3v) is 5.81. The number of nitrogens with zero attached hydrogens (tertiary/aromatic N) is 4. The molecular formula is C24H19F4N7O. The van der Waals surface area contributed by atoms with Gasteiger partial charge in [-0.25, -0.2) is 8.78 Å². The van der Waals surface area contributed by atoms with Crippen molar-refractivity contribution < 1.29 is 22.4 Å². The maximum atomic E-state index is 15.3. The normalized spacial score (nSPS) is 13.7. The number of fused-ring (bicyclic) bond motifs is 1. The molecule has 0 spiro atoms. The van der Waals surface area contributed by atoms with Crippen LogP contribution in [0.5, 0.6) is 0 Å². The van der Waals surface area contributed by atoms with Gasteiger partial charge in [0.05, 0.1) is 22.3 Å². The van der Waals surface area contributed by atoms with Crippen LogP contribution in [0.1, 0.15) is 28.8 Å². The molecule has 1 aliphatic rings. The molecule has 0 aliphatic heterocycles. The average molecular weight is 497 g/mol. The summed E-state index contributed by atoms with van der Waals surface area (Å²) in [6.07, 6.45) is 3.11. The second kappa shape index (κ2) is 8.40. The van der Waals surface area contributed by atoms with E-state index in [1.807, 2.05) is 0 Å². The number of carbonyl (C=O) groups excluding carboxylic acids is 1. The number of alkyl halides is 2. The van der Waals surface area contributed by atoms with Crippen molar-refractivity contribution >= 4 is 22.6 Å². The summed E-state index contributed by atoms with van der Waals surface area (Å²) in [5, 5.41) is 26.9. The molecule has 0 radical (unpaired) electrons. The highest BCUT2D eigenvalue weighted by Gasteiger charge is 2.42. The number of hydrogen-bond donors (Lipinski definition) is 3. The van der Waals surface area contributed by atoms with E-state index in [0.717, 1.165) is 37.1 Å². The summed E-state index contributed by atoms with van der Waals surface area (Å²) in [7, 11) is 1.56. The van der Waals surface area contributed by atoms with Crippen molar-refractivity contribution in [1.29, 1.82) is 10.8 Å². The molecule has 5 rings (SSSR count). The first-order chi connectivity index (χ1) is 17.0. The number of benzene rings is 2. The van der Waals surface area contributed by atoms with E-state index in [1.54, 1.807) is 7.05 Å². The minimum absolute atomic E-state index is 0.0252. The minimum atomic E-state index is -4.16. The standard InChI is InChI=1S/C24H19F4N7O/c1-34-11-13-8-16(18(26)10-20(13)32-34)24(27,28)23(30)35-21(29)7-6-19(33-35)12-2-5-15(17(25)9-12)22(36)31-14-3-4-14/h2,5-11,14,29-30H,3-4H2,1H3,(H,31,36). The summed E-state index contributed by atoms with van der Waals surface area (Å²) in [5.41, 5.74) is -1.51. The molecule has 2 aromatic heterocycles. The maximum absolute atomic E-state index is 15.3. The molecule has 1 aliphatic carbocycles. The Morgan fingerprint density at radius 2 is 1.83 bits per heavy atom. The molecule has 12 heteroatoms. The topological polar surface area (TPSA) is 112 Å². The van der Waals surface area contributed by atoms with Gasteiger partial charge in [-0.15, -0.1) is 0 Å². The van der Waals surface area contributed by atoms with E-state index in [2.05, 4.69) is 15.5 Å². The lowest BCUT2D eigenvalue weighted by Gasteiger charge is -2.20. The summed E-state index contributed by atoms with van der Waals surface area (Å²) in [6.45, 7) is 0. The molecule has 36 heavy (non-hydrogen) atoms. The maximum Gasteiger partial charge on any atom is 0.334 e. The lowest BCUT2D eigenvalue weighted by Crippen LogP contribution is -2.40. The highest BCUT2D eigenvalue weighted by atomic mass is 19.3. The Kier molecular flexibility index (Phi) is 5.46. The first-order valence-corrected chi connectivity index (χ1v) is 10.9. The van der Waals surface area contributed by atoms with Crippen LogP contribution in [0, 0.1) is 22.5 Å². The van der Waals surface area contributed by atoms with Crippen molar-refractivity contribution in [3.05, 3.63) is 76.9 Å². The summed E-state index contributed by atoms with van der Waals surface area (Å²) < 4.78 is 61.6. The van der Waals surface area contributed by atoms with Crippen molar-refractivity contribution in [2.45, 2.75) is 24.8 Å². The zero-order valence-electron chi connectivity index (χ0n) is 18.8. The Bertz CT molecular complexity index is 1600. The second-order valence-electron chi connectivity index (χ2n) is 8.57. The van der Waals surface area contributed by atoms with E-state index in [9.17, 15) is 13.6 Å². The van der Waals surface area contributed by atoms with Crippen LogP contribution in [0.3, 0.4) is 0 Å². The smallest absolute Gasteiger partial charge is 0.334 e. The predicted molar refractivity (Wildman–Crippen MR) is 122 cm³/mol. The van der Waals surface area contributed by atoms with E-state index < -0.39 is 40.4 Å². The molecule has 8 nitrogen and oxygen atoms in total. The van der Waals surface area contributed by atoms with Gasteiger partial charge in [0.1, 0.15) is 17.1 Å². The van der Waals surface area contributed by atoms with Gasteiger partial charge in [0.15, 0.2) is 5.84 Å². The fourth-order valence-corrected chi connectivity index (χ4v) is 3.77. The third kappa shape index (κ3) is 4.14. The first-order valence-electron chi connectivity index (χ1n) is 10.9. The second-order valence-corrected chi connectivity index (χ2v) is 8.57. The summed E-state index contributed by atoms with van der Waals surface area (Å²) in [4.78, 5) is 12.2. The van der Waals surface area contributed by atoms with Crippen LogP contribution >= 0.6 is 0 Å². The number of carbonyl (C=O) groups is 1. The highest BCUT2D eigenvalue weighted by molar-refractivity contribution is 5.95. The van der Waals surface area contributed by atoms with E-state index in [4.69, 9.17) is 10.8 Å². The Balaban J connectivity index is 1.49. The number of hydrogen-bond acceptors (Lipinski definition) is 5. The first kappa shape index (κ1) is 23.4. The monoisotopic (exact) mass is 497 g/mol. The van der Waals surface area contributed by atoms with Crippen LogP contribution in [0.2, 0.25) is 0 Å². The van der Waals surface area contributed by atoms with Crippen molar-refractivity contribution in [3.8, 4) is 11.3 Å². The summed E-state index contributed by atoms with van der Waals surface area (Å²) in [6, 6.07) is 7.87. The van der Waals surface area contributed by atoms with Gasteiger partial charge in [0, 0.05) is 36.3 Å². The van der Waals surface area contributed by atoms with E-state index in [0.29, 0.717) is 4.68 Å². The number of aromatic nitrogens is 4. The van der Waals surface area contributed by atoms with E-state index in [-0.39, 0.29) is 33.8 Å². The van der Waals surface area contributed by atoms with Crippen LogP contribution in [0.4, 0.5) is 17.6 Å². The number of aryl methyl sites for hydroxylation is 1. The fourth-order valence-electron chi connectivity index (χ4n) is 3.77. The molecule has 0 bridgehead atoms. The Hall–Kier alpha value is -4.35. The third-order valence-electron chi connectivity index (χ3n) is 5.81. The van der Waals surface area contributed by atoms with Crippen molar-refractivity contribution in [2.24, 2.45) is 7.05 Å². The fraction of sp³-hybridized carbons (Fsp3) is 0.208. The van der Waals surface area contributed by atoms with Gasteiger partial charge in [0.25, 0.3) is 5.91 Å². The molecule has 1 fully saturated rings. The quantitative estimate of drug-likeness (QED) is 0.222. The lowest BCUT2D eigenvalue weighted by atomic mass is 10.0. The Morgan fingerprint density at radius 3 is 2.53 bits per heavy atom. The van der Waals surface area contributed by atoms with Gasteiger partial charge in [-0.05, 0) is 43.2 Å². The van der Waals surface area contributed by atoms with Gasteiger partial charge < -0.3 is 5.32 Å². The van der Waals surface area contributed by atoms with Crippen LogP contribution in [0.25, 0.3) is 22.2 Å². The molecular weight excluding hydrogens is 478 g/mol. The number of rotatable bonds is 5. The minimum Gasteiger partial charge on any atom is -0.349 e. The molecule has 0 saturated heterocycles. The molecule has 1 saturated carbocycles. The number of nitrogens with one attached hydrogen (secondary N) is 3. The SMILES string of the molecule is Cn1cc2cc(C(F)(F)C(=N)n3nc(-c4ccc(C(=O)NC5CC5)c(F)c4)ccc3=N)c(F)cc2n1. The zero-order valence-corrected chi connectivity index (χ0v) is 18.8. The van der Waals surface area contributed by atoms with Crippen molar-refractivity contribution in [2.75, 3.05) is 0 Å². The summed E-state index contributed by atoms with van der Waals surface area (Å²) >= 11 is 0. The molecule has 1 amide bonds. The molecule has 4 aromatic rings. The molecule has 0 atom stereocenters. The largest absolute Gasteiger partial charge is 0.349 e. The molecule has 2 aromatic carbocycles. The van der Waals surface area contributed by atoms with E-state index >= 15 is 8.78 Å². The number of amides is 1. The van der Waals surface area contributed by atoms with Gasteiger partial charge in [-0.3, -0.25) is 20.3 Å². The van der Waals surface area contributed by atoms with Crippen molar-refractivity contribution in [1.82, 2.24) is 24.9 Å². The van der Waals surface area contributed by atoms with Crippen LogP contribution in [-0.4, -0.2) is 37.3 Å². The van der Waals surface area contributed by atoms with Crippen LogP contribution in [0.15, 0.2) is 48.7 Å². The van der Waals surface area contributed by atoms with Gasteiger partial charge >= 0.3 is 5.92 Å². The molecule has 184 valence electrons. The molecule has 2 heterocycles. The van der Waals surface area contributed by atoms with Gasteiger partial charge in [0.2, 0.25) is 0 Å².